The summed E-state index contributed by atoms with van der Waals surface area (Å²) in [6.45, 7) is 1.77. The largest absolute Gasteiger partial charge is 0.448 e. The molecule has 7 nitrogen and oxygen atoms in total. The van der Waals surface area contributed by atoms with E-state index in [9.17, 15) is 14.4 Å². The standard InChI is InChI=1S/C30H28N2O5S/c1-19-25(29(35)37-26(21-14-8-4-9-15-21)22-16-10-5-11-17-22)32-27(34)24(28(32)38-30(19)36-2)31-23(33)18-20-12-6-3-7-13-20/h3-17,24,26,28,30H,18H2,1-2H3,(H,31,33)/t24-,28-,30-/m0/s1. The van der Waals surface area contributed by atoms with Gasteiger partial charge in [0.15, 0.2) is 6.10 Å². The molecule has 8 heteroatoms. The number of hydrogen-bond donors (Lipinski definition) is 1. The number of fused-ring (bicyclic) bond motifs is 1. The number of hydrogen-bond acceptors (Lipinski definition) is 6. The van der Waals surface area contributed by atoms with Crippen LogP contribution in [0.15, 0.2) is 102 Å². The molecule has 3 atom stereocenters. The van der Waals surface area contributed by atoms with Crippen molar-refractivity contribution >= 4 is 29.5 Å². The molecular weight excluding hydrogens is 500 g/mol. The zero-order valence-corrected chi connectivity index (χ0v) is 21.9. The first-order valence-electron chi connectivity index (χ1n) is 12.3. The molecule has 194 valence electrons. The van der Waals surface area contributed by atoms with Crippen LogP contribution in [-0.2, 0) is 30.3 Å². The highest BCUT2D eigenvalue weighted by Gasteiger charge is 2.56. The second-order valence-electron chi connectivity index (χ2n) is 9.15. The minimum absolute atomic E-state index is 0.162. The van der Waals surface area contributed by atoms with Crippen LogP contribution in [0, 0.1) is 0 Å². The molecule has 1 fully saturated rings. The van der Waals surface area contributed by atoms with Crippen molar-refractivity contribution in [1.29, 1.82) is 0 Å². The fraction of sp³-hybridized carbons (Fsp3) is 0.233. The van der Waals surface area contributed by atoms with E-state index in [-0.39, 0.29) is 23.9 Å². The van der Waals surface area contributed by atoms with Crippen molar-refractivity contribution in [3.63, 3.8) is 0 Å². The number of amides is 2. The Morgan fingerprint density at radius 2 is 1.47 bits per heavy atom. The predicted octanol–water partition coefficient (Wildman–Crippen LogP) is 4.21. The summed E-state index contributed by atoms with van der Waals surface area (Å²) in [6, 6.07) is 27.5. The Morgan fingerprint density at radius 1 is 0.921 bits per heavy atom. The maximum Gasteiger partial charge on any atom is 0.356 e. The number of β-lactam (4-membered cyclic amide) rings is 1. The summed E-state index contributed by atoms with van der Waals surface area (Å²) in [5, 5.41) is 2.36. The van der Waals surface area contributed by atoms with E-state index in [0.717, 1.165) is 16.7 Å². The van der Waals surface area contributed by atoms with Gasteiger partial charge in [-0.25, -0.2) is 4.79 Å². The predicted molar refractivity (Wildman–Crippen MR) is 145 cm³/mol. The van der Waals surface area contributed by atoms with Crippen molar-refractivity contribution in [2.45, 2.75) is 36.3 Å². The molecule has 0 aliphatic carbocycles. The first kappa shape index (κ1) is 25.8. The summed E-state index contributed by atoms with van der Waals surface area (Å²) in [5.41, 5.74) is 2.78. The van der Waals surface area contributed by atoms with Gasteiger partial charge in [0.1, 0.15) is 22.5 Å². The highest BCUT2D eigenvalue weighted by molar-refractivity contribution is 8.00. The maximum absolute atomic E-state index is 13.7. The van der Waals surface area contributed by atoms with Crippen LogP contribution < -0.4 is 5.32 Å². The number of ether oxygens (including phenoxy) is 2. The van der Waals surface area contributed by atoms with Crippen LogP contribution >= 0.6 is 11.8 Å². The molecule has 2 heterocycles. The van der Waals surface area contributed by atoms with Crippen molar-refractivity contribution in [1.82, 2.24) is 10.2 Å². The van der Waals surface area contributed by atoms with E-state index in [2.05, 4.69) is 5.32 Å². The van der Waals surface area contributed by atoms with Crippen molar-refractivity contribution in [2.75, 3.05) is 7.11 Å². The third-order valence-electron chi connectivity index (χ3n) is 6.64. The molecule has 3 aromatic rings. The molecule has 0 bridgehead atoms. The Kier molecular flexibility index (Phi) is 7.62. The number of methoxy groups -OCH3 is 1. The molecule has 2 aliphatic heterocycles. The van der Waals surface area contributed by atoms with Gasteiger partial charge in [-0.1, -0.05) is 103 Å². The number of benzene rings is 3. The molecule has 0 aromatic heterocycles. The lowest BCUT2D eigenvalue weighted by Crippen LogP contribution is -2.71. The molecular formula is C30H28N2O5S. The van der Waals surface area contributed by atoms with E-state index in [1.54, 1.807) is 14.0 Å². The molecule has 0 spiro atoms. The smallest absolute Gasteiger partial charge is 0.356 e. The lowest BCUT2D eigenvalue weighted by Gasteiger charge is -2.51. The summed E-state index contributed by atoms with van der Waals surface area (Å²) >= 11 is 1.38. The van der Waals surface area contributed by atoms with Gasteiger partial charge in [0.05, 0.1) is 6.42 Å². The Labute approximate surface area is 225 Å². The highest BCUT2D eigenvalue weighted by Crippen LogP contribution is 2.45. The van der Waals surface area contributed by atoms with E-state index < -0.39 is 28.9 Å². The number of rotatable bonds is 8. The zero-order valence-electron chi connectivity index (χ0n) is 21.1. The van der Waals surface area contributed by atoms with Crippen LogP contribution in [0.2, 0.25) is 0 Å². The van der Waals surface area contributed by atoms with Crippen LogP contribution in [0.4, 0.5) is 0 Å². The highest BCUT2D eigenvalue weighted by atomic mass is 32.2. The molecule has 2 amide bonds. The zero-order chi connectivity index (χ0) is 26.6. The van der Waals surface area contributed by atoms with E-state index in [4.69, 9.17) is 9.47 Å². The van der Waals surface area contributed by atoms with Crippen LogP contribution in [0.25, 0.3) is 0 Å². The molecule has 0 saturated carbocycles. The van der Waals surface area contributed by atoms with E-state index in [1.807, 2.05) is 91.0 Å². The Bertz CT molecular complexity index is 1310. The number of nitrogens with zero attached hydrogens (tertiary/aromatic N) is 1. The SMILES string of the molecule is CO[C@H]1S[C@H]2[C@@H](NC(=O)Cc3ccccc3)C(=O)N2C(C(=O)OC(c2ccccc2)c2ccccc2)=C1C. The average molecular weight is 529 g/mol. The molecule has 5 rings (SSSR count). The van der Waals surface area contributed by atoms with Gasteiger partial charge < -0.3 is 14.8 Å². The molecule has 1 N–H and O–H groups in total. The maximum atomic E-state index is 13.7. The Balaban J connectivity index is 1.38. The molecule has 38 heavy (non-hydrogen) atoms. The summed E-state index contributed by atoms with van der Waals surface area (Å²) in [6.07, 6.45) is -0.494. The van der Waals surface area contributed by atoms with Gasteiger partial charge in [-0.2, -0.15) is 0 Å². The van der Waals surface area contributed by atoms with Gasteiger partial charge in [0.2, 0.25) is 5.91 Å². The lowest BCUT2D eigenvalue weighted by atomic mass is 10.0. The Hall–Kier alpha value is -3.88. The van der Waals surface area contributed by atoms with Gasteiger partial charge in [0, 0.05) is 7.11 Å². The number of esters is 1. The number of carbonyl (C=O) groups is 3. The van der Waals surface area contributed by atoms with Crippen LogP contribution in [0.3, 0.4) is 0 Å². The van der Waals surface area contributed by atoms with E-state index in [0.29, 0.717) is 5.57 Å². The van der Waals surface area contributed by atoms with Crippen molar-refractivity contribution in [3.05, 3.63) is 119 Å². The monoisotopic (exact) mass is 528 g/mol. The van der Waals surface area contributed by atoms with Gasteiger partial charge in [-0.15, -0.1) is 0 Å². The van der Waals surface area contributed by atoms with Crippen molar-refractivity contribution < 1.29 is 23.9 Å². The number of nitrogens with one attached hydrogen (secondary N) is 1. The van der Waals surface area contributed by atoms with Crippen molar-refractivity contribution in [2.24, 2.45) is 0 Å². The lowest BCUT2D eigenvalue weighted by molar-refractivity contribution is -0.155. The summed E-state index contributed by atoms with van der Waals surface area (Å²) in [4.78, 5) is 41.1. The minimum Gasteiger partial charge on any atom is -0.448 e. The molecule has 2 aliphatic rings. The summed E-state index contributed by atoms with van der Waals surface area (Å²) < 4.78 is 11.7. The average Bonchev–Trinajstić information content (AvgIpc) is 2.95. The van der Waals surface area contributed by atoms with Crippen LogP contribution in [-0.4, -0.2) is 46.6 Å². The minimum atomic E-state index is -0.760. The normalized spacial score (nSPS) is 20.6. The topological polar surface area (TPSA) is 84.9 Å². The quantitative estimate of drug-likeness (QED) is 0.348. The number of carbonyl (C=O) groups excluding carboxylic acids is 3. The van der Waals surface area contributed by atoms with Crippen LogP contribution in [0.5, 0.6) is 0 Å². The summed E-state index contributed by atoms with van der Waals surface area (Å²) in [5.74, 6) is -1.22. The fourth-order valence-corrected chi connectivity index (χ4v) is 6.10. The molecule has 0 radical (unpaired) electrons. The molecule has 0 unspecified atom stereocenters. The van der Waals surface area contributed by atoms with E-state index >= 15 is 0 Å². The number of thioether (sulfide) groups is 1. The van der Waals surface area contributed by atoms with E-state index in [1.165, 1.54) is 16.7 Å². The third kappa shape index (κ3) is 5.10. The second-order valence-corrected chi connectivity index (χ2v) is 10.3. The first-order chi connectivity index (χ1) is 18.5. The summed E-state index contributed by atoms with van der Waals surface area (Å²) in [7, 11) is 1.56. The van der Waals surface area contributed by atoms with Gasteiger partial charge in [-0.05, 0) is 29.2 Å². The second kappa shape index (κ2) is 11.2. The molecule has 3 aromatic carbocycles. The van der Waals surface area contributed by atoms with Gasteiger partial charge >= 0.3 is 5.97 Å². The Morgan fingerprint density at radius 3 is 2.03 bits per heavy atom. The van der Waals surface area contributed by atoms with Gasteiger partial charge in [0.25, 0.3) is 5.91 Å². The van der Waals surface area contributed by atoms with Gasteiger partial charge in [-0.3, -0.25) is 14.5 Å². The van der Waals surface area contributed by atoms with Crippen LogP contribution in [0.1, 0.15) is 29.7 Å². The third-order valence-corrected chi connectivity index (χ3v) is 8.19. The first-order valence-corrected chi connectivity index (χ1v) is 13.3. The fourth-order valence-electron chi connectivity index (χ4n) is 4.75. The molecule has 1 saturated heterocycles. The van der Waals surface area contributed by atoms with Crippen molar-refractivity contribution in [3.8, 4) is 0 Å².